The zero-order valence-corrected chi connectivity index (χ0v) is 9.93. The van der Waals surface area contributed by atoms with Crippen molar-refractivity contribution in [1.29, 1.82) is 0 Å². The first-order valence-electron chi connectivity index (χ1n) is 4.64. The predicted octanol–water partition coefficient (Wildman–Crippen LogP) is 0.566. The van der Waals surface area contributed by atoms with Crippen LogP contribution >= 0.6 is 0 Å². The molecule has 1 aliphatic heterocycles. The van der Waals surface area contributed by atoms with Crippen LogP contribution in [0.15, 0.2) is 0 Å². The molecule has 1 unspecified atom stereocenters. The molecule has 0 bridgehead atoms. The van der Waals surface area contributed by atoms with Gasteiger partial charge in [0.25, 0.3) is 0 Å². The van der Waals surface area contributed by atoms with Gasteiger partial charge in [0.1, 0.15) is 11.0 Å². The lowest BCUT2D eigenvalue weighted by Crippen LogP contribution is -2.54. The van der Waals surface area contributed by atoms with E-state index in [9.17, 15) is 9.00 Å². The van der Waals surface area contributed by atoms with E-state index in [0.29, 0.717) is 0 Å². The number of hydrogen-bond donors (Lipinski definition) is 1. The molecule has 5 nitrogen and oxygen atoms in total. The van der Waals surface area contributed by atoms with Crippen molar-refractivity contribution in [1.82, 2.24) is 0 Å². The fourth-order valence-corrected chi connectivity index (χ4v) is 1.99. The largest absolute Gasteiger partial charge is 0.459 e. The Hall–Kier alpha value is -0.460. The highest BCUT2D eigenvalue weighted by Gasteiger charge is 2.49. The van der Waals surface area contributed by atoms with E-state index in [4.69, 9.17) is 14.0 Å². The third-order valence-corrected chi connectivity index (χ3v) is 2.79. The zero-order valence-electron chi connectivity index (χ0n) is 9.11. The Morgan fingerprint density at radius 1 is 1.53 bits per heavy atom. The Balaban J connectivity index is 2.66. The quantitative estimate of drug-likeness (QED) is 0.573. The Labute approximate surface area is 91.4 Å². The molecule has 1 fully saturated rings. The van der Waals surface area contributed by atoms with E-state index in [1.807, 2.05) is 0 Å². The molecule has 0 aromatic carbocycles. The molecule has 0 aromatic heterocycles. The second-order valence-electron chi connectivity index (χ2n) is 4.74. The molecule has 88 valence electrons. The van der Waals surface area contributed by atoms with Gasteiger partial charge in [0, 0.05) is 0 Å². The highest BCUT2D eigenvalue weighted by Crippen LogP contribution is 2.31. The van der Waals surface area contributed by atoms with E-state index in [2.05, 4.69) is 0 Å². The van der Waals surface area contributed by atoms with E-state index >= 15 is 0 Å². The minimum Gasteiger partial charge on any atom is -0.459 e. The molecule has 0 aromatic rings. The van der Waals surface area contributed by atoms with Crippen molar-refractivity contribution < 1.29 is 23.0 Å². The van der Waals surface area contributed by atoms with Gasteiger partial charge < -0.3 is 14.0 Å². The summed E-state index contributed by atoms with van der Waals surface area (Å²) in [6.45, 7) is 5.60. The fraction of sp³-hybridized carbons (Fsp3) is 0.889. The summed E-state index contributed by atoms with van der Waals surface area (Å²) in [7, 11) is 0. The molecular weight excluding hydrogens is 220 g/mol. The molecule has 1 saturated heterocycles. The Kier molecular flexibility index (Phi) is 3.52. The van der Waals surface area contributed by atoms with Crippen molar-refractivity contribution in [3.63, 3.8) is 0 Å². The lowest BCUT2D eigenvalue weighted by atomic mass is 9.88. The monoisotopic (exact) mass is 236 g/mol. The average Bonchev–Trinajstić information content (AvgIpc) is 1.92. The van der Waals surface area contributed by atoms with Gasteiger partial charge in [0.05, 0.1) is 19.0 Å². The van der Waals surface area contributed by atoms with Crippen LogP contribution in [0.5, 0.6) is 0 Å². The van der Waals surface area contributed by atoms with Crippen LogP contribution in [0.4, 0.5) is 0 Å². The van der Waals surface area contributed by atoms with Crippen LogP contribution < -0.4 is 0 Å². The van der Waals surface area contributed by atoms with E-state index in [-0.39, 0.29) is 19.0 Å². The summed E-state index contributed by atoms with van der Waals surface area (Å²) in [5, 5.41) is 0. The second kappa shape index (κ2) is 4.19. The zero-order chi connectivity index (χ0) is 11.7. The number of esters is 1. The van der Waals surface area contributed by atoms with Crippen LogP contribution in [-0.2, 0) is 25.3 Å². The molecule has 0 saturated carbocycles. The minimum absolute atomic E-state index is 0.123. The third kappa shape index (κ3) is 3.25. The standard InChI is InChI=1S/C9H16O5S/c1-8(2,3)14-7(10)9(4-13-5-9)6-15(11)12/h4-6H2,1-3H3,(H,11,12). The summed E-state index contributed by atoms with van der Waals surface area (Å²) in [4.78, 5) is 11.8. The van der Waals surface area contributed by atoms with E-state index in [0.717, 1.165) is 0 Å². The Morgan fingerprint density at radius 3 is 2.33 bits per heavy atom. The highest BCUT2D eigenvalue weighted by atomic mass is 32.2. The molecule has 6 heteroatoms. The minimum atomic E-state index is -2.01. The molecule has 1 heterocycles. The van der Waals surface area contributed by atoms with Crippen LogP contribution in [0.25, 0.3) is 0 Å². The number of carbonyl (C=O) groups excluding carboxylic acids is 1. The molecule has 1 rings (SSSR count). The molecule has 0 radical (unpaired) electrons. The summed E-state index contributed by atoms with van der Waals surface area (Å²) in [5.74, 6) is -0.578. The second-order valence-corrected chi connectivity index (χ2v) is 5.67. The van der Waals surface area contributed by atoms with Crippen molar-refractivity contribution in [3.05, 3.63) is 0 Å². The normalized spacial score (nSPS) is 21.6. The maximum Gasteiger partial charge on any atom is 0.318 e. The van der Waals surface area contributed by atoms with Gasteiger partial charge in [-0.25, -0.2) is 4.21 Å². The summed E-state index contributed by atoms with van der Waals surface area (Å²) < 4.78 is 29.6. The maximum atomic E-state index is 11.8. The molecule has 0 spiro atoms. The van der Waals surface area contributed by atoms with Crippen LogP contribution in [0.1, 0.15) is 20.8 Å². The van der Waals surface area contributed by atoms with Crippen molar-refractivity contribution in [3.8, 4) is 0 Å². The lowest BCUT2D eigenvalue weighted by molar-refractivity contribution is -0.192. The maximum absolute atomic E-state index is 11.8. The first-order chi connectivity index (χ1) is 6.75. The van der Waals surface area contributed by atoms with E-state index in [1.54, 1.807) is 20.8 Å². The highest BCUT2D eigenvalue weighted by molar-refractivity contribution is 7.79. The Bertz CT molecular complexity index is 277. The summed E-state index contributed by atoms with van der Waals surface area (Å²) in [6, 6.07) is 0. The smallest absolute Gasteiger partial charge is 0.318 e. The van der Waals surface area contributed by atoms with Crippen LogP contribution in [0, 0.1) is 5.41 Å². The first kappa shape index (κ1) is 12.6. The van der Waals surface area contributed by atoms with Crippen LogP contribution in [0.2, 0.25) is 0 Å². The molecule has 0 aliphatic carbocycles. The number of ether oxygens (including phenoxy) is 2. The Morgan fingerprint density at radius 2 is 2.07 bits per heavy atom. The lowest BCUT2D eigenvalue weighted by Gasteiger charge is -2.39. The SMILES string of the molecule is CC(C)(C)OC(=O)C1(CS(=O)O)COC1. The van der Waals surface area contributed by atoms with Crippen molar-refractivity contribution in [2.75, 3.05) is 19.0 Å². The summed E-state index contributed by atoms with van der Waals surface area (Å²) in [5.41, 5.74) is -1.51. The van der Waals surface area contributed by atoms with Crippen molar-refractivity contribution >= 4 is 17.0 Å². The number of hydrogen-bond acceptors (Lipinski definition) is 4. The van der Waals surface area contributed by atoms with E-state index < -0.39 is 28.1 Å². The van der Waals surface area contributed by atoms with Crippen LogP contribution in [-0.4, -0.2) is 39.3 Å². The average molecular weight is 236 g/mol. The van der Waals surface area contributed by atoms with Gasteiger partial charge in [-0.3, -0.25) is 4.79 Å². The van der Waals surface area contributed by atoms with Crippen LogP contribution in [0.3, 0.4) is 0 Å². The summed E-state index contributed by atoms with van der Waals surface area (Å²) >= 11 is -2.01. The number of carbonyl (C=O) groups is 1. The first-order valence-corrected chi connectivity index (χ1v) is 5.91. The fourth-order valence-electron chi connectivity index (χ4n) is 1.23. The molecule has 1 N–H and O–H groups in total. The molecular formula is C9H16O5S. The van der Waals surface area contributed by atoms with Gasteiger partial charge in [0.15, 0.2) is 11.1 Å². The molecule has 1 aliphatic rings. The van der Waals surface area contributed by atoms with Gasteiger partial charge in [-0.2, -0.15) is 0 Å². The van der Waals surface area contributed by atoms with Gasteiger partial charge in [0.2, 0.25) is 0 Å². The molecule has 15 heavy (non-hydrogen) atoms. The topological polar surface area (TPSA) is 72.8 Å². The van der Waals surface area contributed by atoms with Gasteiger partial charge in [-0.05, 0) is 20.8 Å². The van der Waals surface area contributed by atoms with Crippen molar-refractivity contribution in [2.45, 2.75) is 26.4 Å². The third-order valence-electron chi connectivity index (χ3n) is 1.99. The van der Waals surface area contributed by atoms with Crippen molar-refractivity contribution in [2.24, 2.45) is 5.41 Å². The summed E-state index contributed by atoms with van der Waals surface area (Å²) in [6.07, 6.45) is 0. The number of rotatable bonds is 3. The molecule has 0 amide bonds. The predicted molar refractivity (Wildman–Crippen MR) is 54.7 cm³/mol. The molecule has 1 atom stereocenters. The van der Waals surface area contributed by atoms with Gasteiger partial charge >= 0.3 is 5.97 Å². The van der Waals surface area contributed by atoms with E-state index in [1.165, 1.54) is 0 Å². The van der Waals surface area contributed by atoms with Gasteiger partial charge in [-0.1, -0.05) is 0 Å². The van der Waals surface area contributed by atoms with Gasteiger partial charge in [-0.15, -0.1) is 0 Å².